The zero-order valence-corrected chi connectivity index (χ0v) is 11.0. The van der Waals surface area contributed by atoms with Gasteiger partial charge < -0.3 is 4.74 Å². The molecular formula is C12H17BrN2O. The molecule has 3 N–H and O–H groups in total. The van der Waals surface area contributed by atoms with Gasteiger partial charge in [0.1, 0.15) is 5.75 Å². The molecule has 0 aliphatic heterocycles. The zero-order chi connectivity index (χ0) is 11.5. The molecule has 1 atom stereocenters. The summed E-state index contributed by atoms with van der Waals surface area (Å²) >= 11 is 3.48. The molecule has 1 aliphatic rings. The van der Waals surface area contributed by atoms with E-state index in [2.05, 4.69) is 27.4 Å². The van der Waals surface area contributed by atoms with Crippen molar-refractivity contribution in [3.8, 4) is 5.75 Å². The van der Waals surface area contributed by atoms with Gasteiger partial charge in [0.15, 0.2) is 0 Å². The van der Waals surface area contributed by atoms with Crippen molar-refractivity contribution in [3.05, 3.63) is 28.2 Å². The first kappa shape index (κ1) is 11.9. The van der Waals surface area contributed by atoms with Crippen LogP contribution in [-0.4, -0.2) is 13.2 Å². The maximum atomic E-state index is 5.59. The van der Waals surface area contributed by atoms with Gasteiger partial charge in [0, 0.05) is 10.5 Å². The van der Waals surface area contributed by atoms with Crippen LogP contribution >= 0.6 is 15.9 Å². The Hall–Kier alpha value is -0.580. The van der Waals surface area contributed by atoms with E-state index in [0.29, 0.717) is 6.04 Å². The minimum atomic E-state index is 0.364. The maximum absolute atomic E-state index is 5.59. The monoisotopic (exact) mass is 284 g/mol. The second-order valence-corrected chi connectivity index (χ2v) is 5.19. The van der Waals surface area contributed by atoms with E-state index in [1.807, 2.05) is 12.1 Å². The van der Waals surface area contributed by atoms with Crippen molar-refractivity contribution in [2.75, 3.05) is 7.11 Å². The van der Waals surface area contributed by atoms with Gasteiger partial charge in [0.2, 0.25) is 0 Å². The Balaban J connectivity index is 2.14. The summed E-state index contributed by atoms with van der Waals surface area (Å²) in [6.45, 7) is 0. The molecule has 0 heterocycles. The molecule has 1 aromatic rings. The quantitative estimate of drug-likeness (QED) is 0.644. The van der Waals surface area contributed by atoms with Gasteiger partial charge in [-0.15, -0.1) is 0 Å². The van der Waals surface area contributed by atoms with Crippen LogP contribution in [0.5, 0.6) is 5.75 Å². The maximum Gasteiger partial charge on any atom is 0.122 e. The number of nitrogens with two attached hydrogens (primary N) is 1. The van der Waals surface area contributed by atoms with E-state index in [-0.39, 0.29) is 0 Å². The van der Waals surface area contributed by atoms with Gasteiger partial charge >= 0.3 is 0 Å². The van der Waals surface area contributed by atoms with E-state index in [4.69, 9.17) is 10.6 Å². The van der Waals surface area contributed by atoms with E-state index in [1.54, 1.807) is 7.11 Å². The topological polar surface area (TPSA) is 47.3 Å². The Morgan fingerprint density at radius 3 is 2.88 bits per heavy atom. The summed E-state index contributed by atoms with van der Waals surface area (Å²) in [6.07, 6.45) is 3.49. The first-order valence-electron chi connectivity index (χ1n) is 5.53. The summed E-state index contributed by atoms with van der Waals surface area (Å²) in [5, 5.41) is 0. The third-order valence-corrected chi connectivity index (χ3v) is 3.58. The SMILES string of the molecule is COc1ccc(Br)cc1CC(NN)C1CC1. The van der Waals surface area contributed by atoms with E-state index in [0.717, 1.165) is 22.6 Å². The van der Waals surface area contributed by atoms with Crippen LogP contribution < -0.4 is 16.0 Å². The fraction of sp³-hybridized carbons (Fsp3) is 0.500. The highest BCUT2D eigenvalue weighted by molar-refractivity contribution is 9.10. The van der Waals surface area contributed by atoms with Crippen LogP contribution in [0.3, 0.4) is 0 Å². The van der Waals surface area contributed by atoms with Crippen molar-refractivity contribution in [3.63, 3.8) is 0 Å². The molecule has 0 radical (unpaired) electrons. The molecule has 2 rings (SSSR count). The zero-order valence-electron chi connectivity index (χ0n) is 9.37. The highest BCUT2D eigenvalue weighted by atomic mass is 79.9. The molecule has 0 saturated heterocycles. The lowest BCUT2D eigenvalue weighted by Crippen LogP contribution is -2.38. The van der Waals surface area contributed by atoms with Gasteiger partial charge in [-0.1, -0.05) is 15.9 Å². The lowest BCUT2D eigenvalue weighted by Gasteiger charge is -2.17. The molecule has 88 valence electrons. The third kappa shape index (κ3) is 2.75. The van der Waals surface area contributed by atoms with E-state index in [1.165, 1.54) is 18.4 Å². The summed E-state index contributed by atoms with van der Waals surface area (Å²) in [4.78, 5) is 0. The van der Waals surface area contributed by atoms with Crippen LogP contribution in [0.4, 0.5) is 0 Å². The highest BCUT2D eigenvalue weighted by Gasteiger charge is 2.30. The minimum Gasteiger partial charge on any atom is -0.496 e. The average Bonchev–Trinajstić information content (AvgIpc) is 3.10. The van der Waals surface area contributed by atoms with Gasteiger partial charge in [0.05, 0.1) is 7.11 Å². The Morgan fingerprint density at radius 1 is 1.56 bits per heavy atom. The fourth-order valence-corrected chi connectivity index (χ4v) is 2.41. The fourth-order valence-electron chi connectivity index (χ4n) is 2.00. The minimum absolute atomic E-state index is 0.364. The molecule has 1 aliphatic carbocycles. The van der Waals surface area contributed by atoms with Gasteiger partial charge in [-0.3, -0.25) is 11.3 Å². The van der Waals surface area contributed by atoms with Crippen molar-refractivity contribution >= 4 is 15.9 Å². The van der Waals surface area contributed by atoms with Crippen molar-refractivity contribution in [1.29, 1.82) is 0 Å². The van der Waals surface area contributed by atoms with E-state index < -0.39 is 0 Å². The number of halogens is 1. The summed E-state index contributed by atoms with van der Waals surface area (Å²) in [5.74, 6) is 7.25. The molecule has 4 heteroatoms. The normalized spacial score (nSPS) is 17.2. The summed E-state index contributed by atoms with van der Waals surface area (Å²) in [7, 11) is 1.70. The molecule has 0 aromatic heterocycles. The molecule has 1 aromatic carbocycles. The molecule has 3 nitrogen and oxygen atoms in total. The molecule has 1 saturated carbocycles. The second-order valence-electron chi connectivity index (χ2n) is 4.27. The Labute approximate surface area is 104 Å². The smallest absolute Gasteiger partial charge is 0.122 e. The Bertz CT molecular complexity index is 366. The van der Waals surface area contributed by atoms with E-state index in [9.17, 15) is 0 Å². The van der Waals surface area contributed by atoms with Gasteiger partial charge in [-0.25, -0.2) is 0 Å². The molecule has 0 amide bonds. The predicted octanol–water partition coefficient (Wildman–Crippen LogP) is 2.24. The molecule has 1 unspecified atom stereocenters. The van der Waals surface area contributed by atoms with Crippen LogP contribution in [0.1, 0.15) is 18.4 Å². The summed E-state index contributed by atoms with van der Waals surface area (Å²) < 4.78 is 6.44. The van der Waals surface area contributed by atoms with Gasteiger partial charge in [-0.2, -0.15) is 0 Å². The molecule has 0 spiro atoms. The number of hydrogen-bond donors (Lipinski definition) is 2. The van der Waals surface area contributed by atoms with Crippen molar-refractivity contribution < 1.29 is 4.74 Å². The van der Waals surface area contributed by atoms with Crippen LogP contribution in [0.25, 0.3) is 0 Å². The Kier molecular flexibility index (Phi) is 3.84. The number of ether oxygens (including phenoxy) is 1. The van der Waals surface area contributed by atoms with Crippen LogP contribution in [0.15, 0.2) is 22.7 Å². The third-order valence-electron chi connectivity index (χ3n) is 3.09. The molecule has 1 fully saturated rings. The summed E-state index contributed by atoms with van der Waals surface area (Å²) in [6, 6.07) is 6.44. The lowest BCUT2D eigenvalue weighted by atomic mass is 10.0. The first-order chi connectivity index (χ1) is 7.74. The number of benzene rings is 1. The standard InChI is InChI=1S/C12H17BrN2O/c1-16-12-5-4-10(13)6-9(12)7-11(15-14)8-2-3-8/h4-6,8,11,15H,2-3,7,14H2,1H3. The van der Waals surface area contributed by atoms with Crippen molar-refractivity contribution in [2.45, 2.75) is 25.3 Å². The van der Waals surface area contributed by atoms with Crippen LogP contribution in [-0.2, 0) is 6.42 Å². The number of hydrogen-bond acceptors (Lipinski definition) is 3. The highest BCUT2D eigenvalue weighted by Crippen LogP contribution is 2.35. The molecule has 16 heavy (non-hydrogen) atoms. The van der Waals surface area contributed by atoms with Crippen LogP contribution in [0.2, 0.25) is 0 Å². The summed E-state index contributed by atoms with van der Waals surface area (Å²) in [5.41, 5.74) is 4.11. The van der Waals surface area contributed by atoms with Crippen molar-refractivity contribution in [2.24, 2.45) is 11.8 Å². The van der Waals surface area contributed by atoms with Crippen LogP contribution in [0, 0.1) is 5.92 Å². The lowest BCUT2D eigenvalue weighted by molar-refractivity contribution is 0.400. The number of nitrogens with one attached hydrogen (secondary N) is 1. The van der Waals surface area contributed by atoms with Gasteiger partial charge in [0.25, 0.3) is 0 Å². The number of rotatable bonds is 5. The van der Waals surface area contributed by atoms with Gasteiger partial charge in [-0.05, 0) is 48.9 Å². The predicted molar refractivity (Wildman–Crippen MR) is 68.2 cm³/mol. The number of methoxy groups -OCH3 is 1. The van der Waals surface area contributed by atoms with E-state index >= 15 is 0 Å². The Morgan fingerprint density at radius 2 is 2.31 bits per heavy atom. The first-order valence-corrected chi connectivity index (χ1v) is 6.32. The second kappa shape index (κ2) is 5.17. The molecular weight excluding hydrogens is 268 g/mol. The van der Waals surface area contributed by atoms with Crippen molar-refractivity contribution in [1.82, 2.24) is 5.43 Å². The molecule has 0 bridgehead atoms. The average molecular weight is 285 g/mol. The number of hydrazine groups is 1. The largest absolute Gasteiger partial charge is 0.496 e.